The van der Waals surface area contributed by atoms with Crippen molar-refractivity contribution < 1.29 is 9.21 Å². The number of amides is 1. The average Bonchev–Trinajstić information content (AvgIpc) is 2.97. The molecule has 2 aromatic heterocycles. The monoisotopic (exact) mass is 274 g/mol. The minimum Gasteiger partial charge on any atom is -0.467 e. The van der Waals surface area contributed by atoms with Gasteiger partial charge in [0.25, 0.3) is 0 Å². The highest BCUT2D eigenvalue weighted by Gasteiger charge is 2.35. The fraction of sp³-hybridized carbons (Fsp3) is 0.429. The van der Waals surface area contributed by atoms with E-state index in [1.165, 1.54) is 0 Å². The van der Waals surface area contributed by atoms with E-state index in [2.05, 4.69) is 5.10 Å². The average molecular weight is 274 g/mol. The predicted octanol–water partition coefficient (Wildman–Crippen LogP) is 1.20. The van der Waals surface area contributed by atoms with E-state index in [-0.39, 0.29) is 11.9 Å². The van der Waals surface area contributed by atoms with Crippen molar-refractivity contribution in [3.05, 3.63) is 42.1 Å². The molecule has 6 heteroatoms. The standard InChI is InChI=1S/C14H18N4O2/c1-17-8-10(7-16-17)13(15)14(19)18(11-4-5-11)9-12-3-2-6-20-12/h2-3,6-8,11,13H,4-5,9,15H2,1H3. The van der Waals surface area contributed by atoms with Crippen LogP contribution in [0.2, 0.25) is 0 Å². The number of nitrogens with two attached hydrogens (primary N) is 1. The largest absolute Gasteiger partial charge is 0.467 e. The first-order valence-corrected chi connectivity index (χ1v) is 6.72. The second kappa shape index (κ2) is 5.13. The van der Waals surface area contributed by atoms with Crippen LogP contribution in [0.15, 0.2) is 35.2 Å². The summed E-state index contributed by atoms with van der Waals surface area (Å²) in [5.74, 6) is 0.709. The van der Waals surface area contributed by atoms with Crippen LogP contribution < -0.4 is 5.73 Å². The van der Waals surface area contributed by atoms with Crippen molar-refractivity contribution in [2.24, 2.45) is 12.8 Å². The third-order valence-corrected chi connectivity index (χ3v) is 3.53. The lowest BCUT2D eigenvalue weighted by atomic mass is 10.1. The van der Waals surface area contributed by atoms with Crippen molar-refractivity contribution in [3.63, 3.8) is 0 Å². The molecule has 1 saturated carbocycles. The van der Waals surface area contributed by atoms with Crippen LogP contribution in [0.25, 0.3) is 0 Å². The summed E-state index contributed by atoms with van der Waals surface area (Å²) in [6.07, 6.45) is 7.10. The van der Waals surface area contributed by atoms with E-state index in [0.717, 1.165) is 24.2 Å². The van der Waals surface area contributed by atoms with Gasteiger partial charge in [0.2, 0.25) is 5.91 Å². The summed E-state index contributed by atoms with van der Waals surface area (Å²) >= 11 is 0. The van der Waals surface area contributed by atoms with Gasteiger partial charge in [-0.2, -0.15) is 5.10 Å². The van der Waals surface area contributed by atoms with E-state index in [9.17, 15) is 4.79 Å². The number of aryl methyl sites for hydroxylation is 1. The number of nitrogens with zero attached hydrogens (tertiary/aromatic N) is 3. The predicted molar refractivity (Wildman–Crippen MR) is 72.4 cm³/mol. The highest BCUT2D eigenvalue weighted by molar-refractivity contribution is 5.83. The zero-order chi connectivity index (χ0) is 14.1. The minimum absolute atomic E-state index is 0.0723. The second-order valence-corrected chi connectivity index (χ2v) is 5.20. The fourth-order valence-corrected chi connectivity index (χ4v) is 2.27. The van der Waals surface area contributed by atoms with Gasteiger partial charge in [-0.3, -0.25) is 9.48 Å². The molecule has 0 radical (unpaired) electrons. The Morgan fingerprint density at radius 3 is 3.00 bits per heavy atom. The lowest BCUT2D eigenvalue weighted by Gasteiger charge is -2.24. The Morgan fingerprint density at radius 2 is 2.45 bits per heavy atom. The van der Waals surface area contributed by atoms with E-state index < -0.39 is 6.04 Å². The molecule has 1 fully saturated rings. The van der Waals surface area contributed by atoms with Crippen LogP contribution in [0.5, 0.6) is 0 Å². The van der Waals surface area contributed by atoms with Gasteiger partial charge in [0.1, 0.15) is 11.8 Å². The van der Waals surface area contributed by atoms with Gasteiger partial charge in [-0.1, -0.05) is 0 Å². The Kier molecular flexibility index (Phi) is 3.31. The number of furan rings is 1. The van der Waals surface area contributed by atoms with E-state index in [1.54, 1.807) is 23.3 Å². The van der Waals surface area contributed by atoms with Gasteiger partial charge in [-0.25, -0.2) is 0 Å². The Morgan fingerprint density at radius 1 is 1.65 bits per heavy atom. The number of hydrogen-bond donors (Lipinski definition) is 1. The topological polar surface area (TPSA) is 77.3 Å². The Bertz CT molecular complexity index is 586. The molecular weight excluding hydrogens is 256 g/mol. The van der Waals surface area contributed by atoms with E-state index in [4.69, 9.17) is 10.2 Å². The molecule has 2 heterocycles. The third kappa shape index (κ3) is 2.60. The van der Waals surface area contributed by atoms with Crippen molar-refractivity contribution in [1.29, 1.82) is 0 Å². The van der Waals surface area contributed by atoms with Crippen LogP contribution in [0.1, 0.15) is 30.2 Å². The van der Waals surface area contributed by atoms with Crippen LogP contribution in [0.3, 0.4) is 0 Å². The first-order valence-electron chi connectivity index (χ1n) is 6.72. The summed E-state index contributed by atoms with van der Waals surface area (Å²) in [4.78, 5) is 14.4. The van der Waals surface area contributed by atoms with Crippen LogP contribution in [0.4, 0.5) is 0 Å². The summed E-state index contributed by atoms with van der Waals surface area (Å²) < 4.78 is 6.98. The van der Waals surface area contributed by atoms with Gasteiger partial charge in [0.15, 0.2) is 0 Å². The fourth-order valence-electron chi connectivity index (χ4n) is 2.27. The Hall–Kier alpha value is -2.08. The molecule has 0 saturated heterocycles. The molecule has 20 heavy (non-hydrogen) atoms. The van der Waals surface area contributed by atoms with Crippen LogP contribution >= 0.6 is 0 Å². The first kappa shape index (κ1) is 12.9. The molecule has 1 unspecified atom stereocenters. The molecule has 106 valence electrons. The highest BCUT2D eigenvalue weighted by Crippen LogP contribution is 2.30. The molecule has 0 bridgehead atoms. The normalized spacial score (nSPS) is 16.1. The number of carbonyl (C=O) groups is 1. The maximum absolute atomic E-state index is 12.6. The lowest BCUT2D eigenvalue weighted by molar-refractivity contribution is -0.134. The van der Waals surface area contributed by atoms with Gasteiger partial charge >= 0.3 is 0 Å². The summed E-state index contributed by atoms with van der Waals surface area (Å²) in [6, 6.07) is 3.32. The summed E-state index contributed by atoms with van der Waals surface area (Å²) in [6.45, 7) is 0.477. The molecule has 1 aliphatic rings. The molecule has 3 rings (SSSR count). The Labute approximate surface area is 117 Å². The van der Waals surface area contributed by atoms with E-state index in [1.807, 2.05) is 24.1 Å². The number of hydrogen-bond acceptors (Lipinski definition) is 4. The van der Waals surface area contributed by atoms with Crippen molar-refractivity contribution >= 4 is 5.91 Å². The zero-order valence-electron chi connectivity index (χ0n) is 11.4. The summed E-state index contributed by atoms with van der Waals surface area (Å²) in [5.41, 5.74) is 6.81. The molecular formula is C14H18N4O2. The van der Waals surface area contributed by atoms with Crippen LogP contribution in [-0.2, 0) is 18.4 Å². The minimum atomic E-state index is -0.667. The summed E-state index contributed by atoms with van der Waals surface area (Å²) in [5, 5.41) is 4.06. The van der Waals surface area contributed by atoms with Crippen molar-refractivity contribution in [3.8, 4) is 0 Å². The highest BCUT2D eigenvalue weighted by atomic mass is 16.3. The van der Waals surface area contributed by atoms with Crippen LogP contribution in [-0.4, -0.2) is 26.6 Å². The molecule has 2 aromatic rings. The van der Waals surface area contributed by atoms with Crippen molar-refractivity contribution in [2.45, 2.75) is 31.5 Å². The first-order chi connectivity index (χ1) is 9.65. The molecule has 6 nitrogen and oxygen atoms in total. The van der Waals surface area contributed by atoms with E-state index in [0.29, 0.717) is 6.54 Å². The van der Waals surface area contributed by atoms with E-state index >= 15 is 0 Å². The third-order valence-electron chi connectivity index (χ3n) is 3.53. The smallest absolute Gasteiger partial charge is 0.244 e. The van der Waals surface area contributed by atoms with Crippen molar-refractivity contribution in [2.75, 3.05) is 0 Å². The Balaban J connectivity index is 1.75. The van der Waals surface area contributed by atoms with Gasteiger partial charge in [0.05, 0.1) is 19.0 Å². The molecule has 2 N–H and O–H groups in total. The van der Waals surface area contributed by atoms with Crippen LogP contribution in [0, 0.1) is 0 Å². The zero-order valence-corrected chi connectivity index (χ0v) is 11.4. The second-order valence-electron chi connectivity index (χ2n) is 5.20. The van der Waals surface area contributed by atoms with Gasteiger partial charge in [-0.05, 0) is 25.0 Å². The SMILES string of the molecule is Cn1cc(C(N)C(=O)N(Cc2ccco2)C2CC2)cn1. The molecule has 1 atom stereocenters. The van der Waals surface area contributed by atoms with Gasteiger partial charge in [0, 0.05) is 24.8 Å². The maximum atomic E-state index is 12.6. The summed E-state index contributed by atoms with van der Waals surface area (Å²) in [7, 11) is 1.81. The molecule has 0 spiro atoms. The number of rotatable bonds is 5. The number of carbonyl (C=O) groups excluding carboxylic acids is 1. The lowest BCUT2D eigenvalue weighted by Crippen LogP contribution is -2.39. The molecule has 0 aromatic carbocycles. The van der Waals surface area contributed by atoms with Gasteiger partial charge < -0.3 is 15.1 Å². The molecule has 0 aliphatic heterocycles. The molecule has 1 amide bonds. The maximum Gasteiger partial charge on any atom is 0.244 e. The quantitative estimate of drug-likeness (QED) is 0.888. The van der Waals surface area contributed by atoms with Crippen molar-refractivity contribution in [1.82, 2.24) is 14.7 Å². The number of aromatic nitrogens is 2. The molecule has 1 aliphatic carbocycles. The van der Waals surface area contributed by atoms with Gasteiger partial charge in [-0.15, -0.1) is 0 Å².